The summed E-state index contributed by atoms with van der Waals surface area (Å²) >= 11 is 0. The Bertz CT molecular complexity index is 1290. The summed E-state index contributed by atoms with van der Waals surface area (Å²) in [6.07, 6.45) is 6.97. The number of fused-ring (bicyclic) bond motifs is 1. The smallest absolute Gasteiger partial charge is 0.272 e. The first-order valence-corrected chi connectivity index (χ1v) is 11.9. The molecule has 1 N–H and O–H groups in total. The highest BCUT2D eigenvalue weighted by atomic mass is 16.2. The largest absolute Gasteiger partial charge is 0.342 e. The molecule has 2 aliphatic rings. The predicted molar refractivity (Wildman–Crippen MR) is 128 cm³/mol. The predicted octanol–water partition coefficient (Wildman–Crippen LogP) is 2.57. The first kappa shape index (κ1) is 22.3. The van der Waals surface area contributed by atoms with Crippen LogP contribution in [0.15, 0.2) is 47.5 Å². The molecule has 3 aromatic rings. The Labute approximate surface area is 198 Å². The summed E-state index contributed by atoms with van der Waals surface area (Å²) in [5.41, 5.74) is 0.911. The maximum atomic E-state index is 13.1. The Balaban J connectivity index is 1.20. The average molecular weight is 460 g/mol. The van der Waals surface area contributed by atoms with Gasteiger partial charge in [0.15, 0.2) is 0 Å². The highest BCUT2D eigenvalue weighted by Gasteiger charge is 2.35. The molecule has 2 aromatic heterocycles. The third-order valence-corrected chi connectivity index (χ3v) is 7.13. The molecular weight excluding hydrogens is 430 g/mol. The zero-order chi connectivity index (χ0) is 23.7. The first-order chi connectivity index (χ1) is 16.5. The zero-order valence-corrected chi connectivity index (χ0v) is 19.4. The lowest BCUT2D eigenvalue weighted by molar-refractivity contribution is -0.132. The van der Waals surface area contributed by atoms with Gasteiger partial charge in [0.1, 0.15) is 11.5 Å². The van der Waals surface area contributed by atoms with E-state index in [-0.39, 0.29) is 23.1 Å². The molecule has 8 heteroatoms. The number of carbonyl (C=O) groups is 2. The van der Waals surface area contributed by atoms with Crippen molar-refractivity contribution >= 4 is 22.6 Å². The van der Waals surface area contributed by atoms with Gasteiger partial charge in [-0.05, 0) is 55.0 Å². The number of likely N-dealkylation sites (tertiary alicyclic amines) is 2. The fraction of sp³-hybridized carbons (Fsp3) is 0.423. The number of pyridine rings is 1. The monoisotopic (exact) mass is 459 g/mol. The normalized spacial score (nSPS) is 20.6. The molecule has 0 radical (unpaired) electrons. The van der Waals surface area contributed by atoms with Crippen molar-refractivity contribution < 1.29 is 9.59 Å². The summed E-state index contributed by atoms with van der Waals surface area (Å²) < 4.78 is 0. The van der Waals surface area contributed by atoms with Gasteiger partial charge in [-0.3, -0.25) is 19.4 Å². The molecule has 2 atom stereocenters. The molecule has 2 saturated heterocycles. The van der Waals surface area contributed by atoms with Crippen LogP contribution in [0.1, 0.15) is 41.1 Å². The minimum atomic E-state index is -0.309. The summed E-state index contributed by atoms with van der Waals surface area (Å²) in [5, 5.41) is 2.17. The van der Waals surface area contributed by atoms with Gasteiger partial charge in [0.25, 0.3) is 11.5 Å². The molecule has 176 valence electrons. The molecule has 0 aliphatic carbocycles. The minimum Gasteiger partial charge on any atom is -0.342 e. The molecule has 34 heavy (non-hydrogen) atoms. The second kappa shape index (κ2) is 9.37. The molecule has 0 spiro atoms. The third kappa shape index (κ3) is 4.71. The number of rotatable bonds is 4. The van der Waals surface area contributed by atoms with Crippen LogP contribution in [0.3, 0.4) is 0 Å². The second-order valence-corrected chi connectivity index (χ2v) is 9.49. The number of H-pyrrole nitrogens is 1. The average Bonchev–Trinajstić information content (AvgIpc) is 3.33. The zero-order valence-electron chi connectivity index (χ0n) is 19.4. The molecule has 2 amide bonds. The van der Waals surface area contributed by atoms with Crippen LogP contribution >= 0.6 is 0 Å². The fourth-order valence-electron chi connectivity index (χ4n) is 5.36. The highest BCUT2D eigenvalue weighted by molar-refractivity contribution is 5.92. The summed E-state index contributed by atoms with van der Waals surface area (Å²) in [4.78, 5) is 52.4. The van der Waals surface area contributed by atoms with Gasteiger partial charge >= 0.3 is 0 Å². The van der Waals surface area contributed by atoms with Crippen LogP contribution in [-0.2, 0) is 11.2 Å². The van der Waals surface area contributed by atoms with Gasteiger partial charge in [-0.1, -0.05) is 18.2 Å². The third-order valence-electron chi connectivity index (χ3n) is 7.13. The van der Waals surface area contributed by atoms with E-state index in [0.717, 1.165) is 48.7 Å². The van der Waals surface area contributed by atoms with Gasteiger partial charge in [0, 0.05) is 50.0 Å². The number of benzene rings is 1. The number of aryl methyl sites for hydroxylation is 1. The van der Waals surface area contributed by atoms with Crippen molar-refractivity contribution in [2.75, 3.05) is 26.2 Å². The van der Waals surface area contributed by atoms with E-state index in [1.54, 1.807) is 18.0 Å². The Morgan fingerprint density at radius 1 is 1.03 bits per heavy atom. The summed E-state index contributed by atoms with van der Waals surface area (Å²) in [6, 6.07) is 9.34. The molecule has 0 bridgehead atoms. The van der Waals surface area contributed by atoms with E-state index in [1.165, 1.54) is 6.07 Å². The molecule has 2 unspecified atom stereocenters. The quantitative estimate of drug-likeness (QED) is 0.647. The Hall–Kier alpha value is -3.55. The van der Waals surface area contributed by atoms with Crippen molar-refractivity contribution in [3.63, 3.8) is 0 Å². The van der Waals surface area contributed by atoms with Crippen molar-refractivity contribution in [3.05, 3.63) is 70.2 Å². The van der Waals surface area contributed by atoms with E-state index >= 15 is 0 Å². The molecular formula is C26H29N5O3. The molecule has 8 nitrogen and oxygen atoms in total. The number of piperidine rings is 1. The number of amides is 2. The van der Waals surface area contributed by atoms with Crippen LogP contribution < -0.4 is 5.56 Å². The molecule has 4 heterocycles. The van der Waals surface area contributed by atoms with Crippen LogP contribution in [-0.4, -0.2) is 62.7 Å². The Kier molecular flexibility index (Phi) is 6.13. The van der Waals surface area contributed by atoms with Crippen LogP contribution in [0.4, 0.5) is 0 Å². The second-order valence-electron chi connectivity index (χ2n) is 9.49. The van der Waals surface area contributed by atoms with Gasteiger partial charge in [-0.15, -0.1) is 0 Å². The molecule has 2 aliphatic heterocycles. The molecule has 5 rings (SSSR count). The van der Waals surface area contributed by atoms with Crippen molar-refractivity contribution in [2.45, 2.75) is 32.6 Å². The summed E-state index contributed by atoms with van der Waals surface area (Å²) in [7, 11) is 0. The van der Waals surface area contributed by atoms with Crippen molar-refractivity contribution in [3.8, 4) is 0 Å². The minimum absolute atomic E-state index is 0.159. The number of nitrogens with one attached hydrogen (secondary N) is 1. The van der Waals surface area contributed by atoms with Crippen molar-refractivity contribution in [1.82, 2.24) is 24.8 Å². The van der Waals surface area contributed by atoms with Crippen LogP contribution in [0, 0.1) is 18.8 Å². The highest BCUT2D eigenvalue weighted by Crippen LogP contribution is 2.32. The van der Waals surface area contributed by atoms with E-state index < -0.39 is 0 Å². The SMILES string of the molecule is Cc1nc(C(=O)N2CCC(C3CCCN(C(=O)Cc4ccc5cnccc5c4)C3)C2)cc(=O)[nH]1. The number of hydrogen-bond donors (Lipinski definition) is 1. The van der Waals surface area contributed by atoms with Crippen LogP contribution in [0.5, 0.6) is 0 Å². The van der Waals surface area contributed by atoms with Gasteiger partial charge in [-0.25, -0.2) is 4.98 Å². The Morgan fingerprint density at radius 2 is 1.85 bits per heavy atom. The van der Waals surface area contributed by atoms with Gasteiger partial charge < -0.3 is 14.8 Å². The summed E-state index contributed by atoms with van der Waals surface area (Å²) in [6.45, 7) is 4.52. The van der Waals surface area contributed by atoms with E-state index in [9.17, 15) is 14.4 Å². The number of aromatic amines is 1. The molecule has 1 aromatic carbocycles. The lowest BCUT2D eigenvalue weighted by Gasteiger charge is -2.36. The van der Waals surface area contributed by atoms with Crippen molar-refractivity contribution in [1.29, 1.82) is 0 Å². The first-order valence-electron chi connectivity index (χ1n) is 11.9. The number of aromatic nitrogens is 3. The standard InChI is InChI=1S/C26H29N5O3/c1-17-28-23(13-24(32)29-17)26(34)31-10-7-22(16-31)21-3-2-9-30(15-21)25(33)12-18-4-5-20-14-27-8-6-19(20)11-18/h4-6,8,11,13-14,21-22H,2-3,7,9-10,12,15-16H2,1H3,(H,28,29,32). The van der Waals surface area contributed by atoms with Gasteiger partial charge in [0.2, 0.25) is 5.91 Å². The van der Waals surface area contributed by atoms with Gasteiger partial charge in [-0.2, -0.15) is 0 Å². The van der Waals surface area contributed by atoms with E-state index in [2.05, 4.69) is 21.0 Å². The topological polar surface area (TPSA) is 99.3 Å². The van der Waals surface area contributed by atoms with E-state index in [1.807, 2.05) is 29.3 Å². The van der Waals surface area contributed by atoms with Crippen LogP contribution in [0.2, 0.25) is 0 Å². The number of carbonyl (C=O) groups excluding carboxylic acids is 2. The van der Waals surface area contributed by atoms with Gasteiger partial charge in [0.05, 0.1) is 6.42 Å². The maximum Gasteiger partial charge on any atom is 0.272 e. The lowest BCUT2D eigenvalue weighted by Crippen LogP contribution is -2.43. The maximum absolute atomic E-state index is 13.1. The van der Waals surface area contributed by atoms with E-state index in [0.29, 0.717) is 37.2 Å². The van der Waals surface area contributed by atoms with Crippen molar-refractivity contribution in [2.24, 2.45) is 11.8 Å². The van der Waals surface area contributed by atoms with E-state index in [4.69, 9.17) is 0 Å². The molecule has 2 fully saturated rings. The number of hydrogen-bond acceptors (Lipinski definition) is 5. The van der Waals surface area contributed by atoms with Crippen LogP contribution in [0.25, 0.3) is 10.8 Å². The molecule has 0 saturated carbocycles. The number of nitrogens with zero attached hydrogens (tertiary/aromatic N) is 4. The lowest BCUT2D eigenvalue weighted by atomic mass is 9.84. The Morgan fingerprint density at radius 3 is 2.71 bits per heavy atom. The fourth-order valence-corrected chi connectivity index (χ4v) is 5.36. The summed E-state index contributed by atoms with van der Waals surface area (Å²) in [5.74, 6) is 1.15.